The minimum absolute atomic E-state index is 0.134. The van der Waals surface area contributed by atoms with Gasteiger partial charge in [0.15, 0.2) is 0 Å². The number of hydrogen-bond donors (Lipinski definition) is 1. The van der Waals surface area contributed by atoms with Crippen LogP contribution in [-0.4, -0.2) is 34.5 Å². The van der Waals surface area contributed by atoms with Crippen LogP contribution in [0, 0.1) is 18.3 Å². The van der Waals surface area contributed by atoms with E-state index in [1.165, 1.54) is 24.8 Å². The molecule has 5 nitrogen and oxygen atoms in total. The van der Waals surface area contributed by atoms with Crippen molar-refractivity contribution < 1.29 is 4.79 Å². The van der Waals surface area contributed by atoms with Crippen molar-refractivity contribution in [2.24, 2.45) is 0 Å². The number of halogens is 1. The van der Waals surface area contributed by atoms with Gasteiger partial charge in [0.05, 0.1) is 11.1 Å². The summed E-state index contributed by atoms with van der Waals surface area (Å²) in [4.78, 5) is 16.2. The Morgan fingerprint density at radius 3 is 2.69 bits per heavy atom. The highest BCUT2D eigenvalue weighted by Gasteiger charge is 2.25. The van der Waals surface area contributed by atoms with E-state index < -0.39 is 0 Å². The van der Waals surface area contributed by atoms with E-state index in [9.17, 15) is 10.1 Å². The van der Waals surface area contributed by atoms with E-state index in [1.54, 1.807) is 6.07 Å². The maximum Gasteiger partial charge on any atom is 0.240 e. The molecule has 1 fully saturated rings. The van der Waals surface area contributed by atoms with Gasteiger partial charge in [-0.25, -0.2) is 4.72 Å². The zero-order chi connectivity index (χ0) is 20.6. The summed E-state index contributed by atoms with van der Waals surface area (Å²) in [5.74, 6) is 0.134. The average molecular weight is 431 g/mol. The molecule has 1 unspecified atom stereocenters. The number of aryl methyl sites for hydroxylation is 2. The van der Waals surface area contributed by atoms with Crippen molar-refractivity contribution in [1.29, 1.82) is 5.26 Å². The van der Waals surface area contributed by atoms with Crippen molar-refractivity contribution in [3.8, 4) is 6.07 Å². The highest BCUT2D eigenvalue weighted by atomic mass is 35.5. The quantitative estimate of drug-likeness (QED) is 0.642. The van der Waals surface area contributed by atoms with Crippen LogP contribution in [0.4, 0.5) is 0 Å². The predicted octanol–water partition coefficient (Wildman–Crippen LogP) is 4.78. The highest BCUT2D eigenvalue weighted by molar-refractivity contribution is 7.97. The van der Waals surface area contributed by atoms with E-state index >= 15 is 0 Å². The van der Waals surface area contributed by atoms with E-state index in [1.807, 2.05) is 46.9 Å². The van der Waals surface area contributed by atoms with Crippen molar-refractivity contribution in [3.05, 3.63) is 52.8 Å². The Hall–Kier alpha value is -1.94. The van der Waals surface area contributed by atoms with Crippen molar-refractivity contribution in [1.82, 2.24) is 14.2 Å². The maximum absolute atomic E-state index is 13.3. The number of amides is 1. The number of carbonyl (C=O) groups is 1. The molecule has 1 aromatic heterocycles. The topological polar surface area (TPSA) is 61.1 Å². The summed E-state index contributed by atoms with van der Waals surface area (Å²) in [6.07, 6.45) is 6.98. The van der Waals surface area contributed by atoms with Crippen LogP contribution in [0.2, 0.25) is 5.02 Å². The highest BCUT2D eigenvalue weighted by Crippen LogP contribution is 2.29. The van der Waals surface area contributed by atoms with Gasteiger partial charge in [-0.05, 0) is 61.9 Å². The number of nitriles is 1. The SMILES string of the molecule is Cc1cccc(Cl)c1SNC(CCn1cccc1C#N)C(=O)N1CCCCCC1. The molecule has 2 aromatic rings. The largest absolute Gasteiger partial charge is 0.341 e. The molecule has 0 saturated carbocycles. The summed E-state index contributed by atoms with van der Waals surface area (Å²) in [7, 11) is 0. The molecular formula is C22H27ClN4OS. The molecule has 3 rings (SSSR count). The van der Waals surface area contributed by atoms with E-state index in [0.717, 1.165) is 36.4 Å². The number of benzene rings is 1. The Bertz CT molecular complexity index is 848. The second-order valence-electron chi connectivity index (χ2n) is 7.39. The number of nitrogens with one attached hydrogen (secondary N) is 1. The molecule has 29 heavy (non-hydrogen) atoms. The second kappa shape index (κ2) is 10.7. The Morgan fingerprint density at radius 1 is 1.24 bits per heavy atom. The lowest BCUT2D eigenvalue weighted by molar-refractivity contribution is -0.133. The number of aromatic nitrogens is 1. The molecule has 7 heteroatoms. The van der Waals surface area contributed by atoms with Crippen molar-refractivity contribution in [3.63, 3.8) is 0 Å². The predicted molar refractivity (Wildman–Crippen MR) is 118 cm³/mol. The van der Waals surface area contributed by atoms with Gasteiger partial charge in [0.1, 0.15) is 11.8 Å². The summed E-state index contributed by atoms with van der Waals surface area (Å²) in [5.41, 5.74) is 1.69. The average Bonchev–Trinajstić information content (AvgIpc) is 3.00. The van der Waals surface area contributed by atoms with Crippen LogP contribution in [0.25, 0.3) is 0 Å². The zero-order valence-electron chi connectivity index (χ0n) is 16.7. The number of rotatable bonds is 7. The number of likely N-dealkylation sites (tertiary alicyclic amines) is 1. The third-order valence-corrected chi connectivity index (χ3v) is 6.86. The summed E-state index contributed by atoms with van der Waals surface area (Å²) >= 11 is 7.79. The van der Waals surface area contributed by atoms with Crippen LogP contribution in [-0.2, 0) is 11.3 Å². The van der Waals surface area contributed by atoms with Gasteiger partial charge in [0, 0.05) is 30.7 Å². The van der Waals surface area contributed by atoms with Crippen LogP contribution < -0.4 is 4.72 Å². The Labute approximate surface area is 182 Å². The molecule has 1 amide bonds. The first-order valence-corrected chi connectivity index (χ1v) is 11.3. The first-order valence-electron chi connectivity index (χ1n) is 10.1. The van der Waals surface area contributed by atoms with Gasteiger partial charge in [0.2, 0.25) is 5.91 Å². The van der Waals surface area contributed by atoms with E-state index in [-0.39, 0.29) is 11.9 Å². The van der Waals surface area contributed by atoms with Crippen LogP contribution in [0.5, 0.6) is 0 Å². The van der Waals surface area contributed by atoms with Crippen molar-refractivity contribution >= 4 is 29.5 Å². The minimum Gasteiger partial charge on any atom is -0.341 e. The smallest absolute Gasteiger partial charge is 0.240 e. The fourth-order valence-electron chi connectivity index (χ4n) is 3.60. The van der Waals surface area contributed by atoms with Crippen LogP contribution in [0.1, 0.15) is 43.4 Å². The third-order valence-electron chi connectivity index (χ3n) is 5.29. The summed E-state index contributed by atoms with van der Waals surface area (Å²) in [6.45, 7) is 4.26. The molecule has 1 aliphatic heterocycles. The minimum atomic E-state index is -0.345. The molecule has 0 radical (unpaired) electrons. The van der Waals surface area contributed by atoms with Gasteiger partial charge >= 0.3 is 0 Å². The molecule has 1 atom stereocenters. The van der Waals surface area contributed by atoms with E-state index in [4.69, 9.17) is 11.6 Å². The summed E-state index contributed by atoms with van der Waals surface area (Å²) < 4.78 is 5.28. The first kappa shape index (κ1) is 21.8. The molecule has 0 spiro atoms. The molecule has 1 aliphatic rings. The lowest BCUT2D eigenvalue weighted by Gasteiger charge is -2.27. The molecule has 0 aliphatic carbocycles. The molecule has 1 aromatic carbocycles. The normalized spacial score (nSPS) is 15.6. The van der Waals surface area contributed by atoms with Gasteiger partial charge in [-0.15, -0.1) is 0 Å². The standard InChI is InChI=1S/C22H27ClN4OS/c1-17-8-6-10-19(23)21(17)29-25-20(11-15-26-14-7-9-18(26)16-24)22(28)27-12-4-2-3-5-13-27/h6-10,14,20,25H,2-5,11-13,15H2,1H3. The van der Waals surface area contributed by atoms with Gasteiger partial charge in [0.25, 0.3) is 0 Å². The number of hydrogen-bond acceptors (Lipinski definition) is 4. The van der Waals surface area contributed by atoms with E-state index in [0.29, 0.717) is 23.7 Å². The lowest BCUT2D eigenvalue weighted by Crippen LogP contribution is -2.45. The Kier molecular flexibility index (Phi) is 8.05. The monoisotopic (exact) mass is 430 g/mol. The zero-order valence-corrected chi connectivity index (χ0v) is 18.3. The van der Waals surface area contributed by atoms with Gasteiger partial charge in [-0.1, -0.05) is 36.6 Å². The van der Waals surface area contributed by atoms with Crippen LogP contribution in [0.3, 0.4) is 0 Å². The van der Waals surface area contributed by atoms with Crippen LogP contribution in [0.15, 0.2) is 41.4 Å². The molecule has 1 N–H and O–H groups in total. The molecule has 0 bridgehead atoms. The van der Waals surface area contributed by atoms with E-state index in [2.05, 4.69) is 10.8 Å². The van der Waals surface area contributed by atoms with Crippen molar-refractivity contribution in [2.75, 3.05) is 13.1 Å². The van der Waals surface area contributed by atoms with Gasteiger partial charge in [-0.2, -0.15) is 5.26 Å². The number of nitrogens with zero attached hydrogens (tertiary/aromatic N) is 3. The molecule has 154 valence electrons. The van der Waals surface area contributed by atoms with Gasteiger partial charge in [-0.3, -0.25) is 4.79 Å². The van der Waals surface area contributed by atoms with Crippen molar-refractivity contribution in [2.45, 2.75) is 56.5 Å². The fourth-order valence-corrected chi connectivity index (χ4v) is 4.81. The summed E-state index contributed by atoms with van der Waals surface area (Å²) in [6, 6.07) is 11.3. The molecule has 2 heterocycles. The first-order chi connectivity index (χ1) is 14.1. The molecule has 1 saturated heterocycles. The Balaban J connectivity index is 1.73. The van der Waals surface area contributed by atoms with Crippen LogP contribution >= 0.6 is 23.5 Å². The maximum atomic E-state index is 13.3. The Morgan fingerprint density at radius 2 is 2.00 bits per heavy atom. The molecular weight excluding hydrogens is 404 g/mol. The summed E-state index contributed by atoms with van der Waals surface area (Å²) in [5, 5.41) is 9.93. The second-order valence-corrected chi connectivity index (χ2v) is 8.64. The van der Waals surface area contributed by atoms with Gasteiger partial charge < -0.3 is 9.47 Å². The fraction of sp³-hybridized carbons (Fsp3) is 0.455. The number of carbonyl (C=O) groups excluding carboxylic acids is 1. The third kappa shape index (κ3) is 5.79. The lowest BCUT2D eigenvalue weighted by atomic mass is 10.2.